The van der Waals surface area contributed by atoms with Crippen molar-refractivity contribution >= 4 is 29.3 Å². The number of thiophene rings is 1. The molecule has 1 aliphatic heterocycles. The summed E-state index contributed by atoms with van der Waals surface area (Å²) in [6.07, 6.45) is 4.58. The molecule has 4 nitrogen and oxygen atoms in total. The van der Waals surface area contributed by atoms with Crippen molar-refractivity contribution in [3.05, 3.63) is 80.7 Å². The Morgan fingerprint density at radius 3 is 2.83 bits per heavy atom. The first-order valence-electron chi connectivity index (χ1n) is 9.18. The molecule has 0 bridgehead atoms. The third kappa shape index (κ3) is 6.33. The van der Waals surface area contributed by atoms with Crippen molar-refractivity contribution in [3.63, 3.8) is 0 Å². The molecule has 0 fully saturated rings. The van der Waals surface area contributed by atoms with E-state index in [-0.39, 0.29) is 0 Å². The monoisotopic (exact) mass is 437 g/mol. The van der Waals surface area contributed by atoms with Crippen molar-refractivity contribution in [2.24, 2.45) is 0 Å². The Morgan fingerprint density at radius 2 is 2.10 bits per heavy atom. The van der Waals surface area contributed by atoms with Gasteiger partial charge in [-0.1, -0.05) is 18.2 Å². The molecule has 154 valence electrons. The maximum atomic E-state index is 13.3. The molecule has 0 radical (unpaired) electrons. The number of nitrogens with zero attached hydrogens (tertiary/aromatic N) is 1. The van der Waals surface area contributed by atoms with Crippen LogP contribution >= 0.6 is 23.1 Å². The van der Waals surface area contributed by atoms with Crippen molar-refractivity contribution in [2.75, 3.05) is 12.3 Å². The maximum Gasteiger partial charge on any atom is 0.511 e. The second-order valence-electron chi connectivity index (χ2n) is 6.45. The SMILES string of the molecule is O=C(O)OC1=C(SCCCCc2ccc(F)c(F)c2)N(Cc2cccs2)CC=C1. The van der Waals surface area contributed by atoms with Gasteiger partial charge in [-0.25, -0.2) is 13.6 Å². The number of hydrogen-bond donors (Lipinski definition) is 1. The standard InChI is InChI=1S/C21H21F2NO3S2/c22-17-9-8-15(13-18(17)23)5-1-2-11-29-20-19(27-21(25)26)7-3-10-24(20)14-16-6-4-12-28-16/h3-4,6-9,12-13H,1-2,5,10-11,14H2,(H,25,26). The molecule has 0 unspecified atom stereocenters. The number of halogens is 2. The number of carboxylic acid groups (broad SMARTS) is 1. The lowest BCUT2D eigenvalue weighted by Gasteiger charge is -2.29. The van der Waals surface area contributed by atoms with Crippen molar-refractivity contribution in [1.29, 1.82) is 0 Å². The molecule has 1 aliphatic rings. The van der Waals surface area contributed by atoms with Gasteiger partial charge in [0.2, 0.25) is 0 Å². The number of benzene rings is 1. The van der Waals surface area contributed by atoms with Crippen LogP contribution in [0.4, 0.5) is 13.6 Å². The highest BCUT2D eigenvalue weighted by Gasteiger charge is 2.21. The van der Waals surface area contributed by atoms with Crippen LogP contribution in [-0.2, 0) is 17.7 Å². The molecule has 0 saturated carbocycles. The molecule has 0 aliphatic carbocycles. The third-order valence-electron chi connectivity index (χ3n) is 4.30. The van der Waals surface area contributed by atoms with Gasteiger partial charge < -0.3 is 14.7 Å². The Hall–Kier alpha value is -2.32. The summed E-state index contributed by atoms with van der Waals surface area (Å²) >= 11 is 3.21. The number of thioether (sulfide) groups is 1. The van der Waals surface area contributed by atoms with Gasteiger partial charge in [0.05, 0.1) is 6.54 Å². The Labute approximate surface area is 176 Å². The molecule has 2 aromatic rings. The van der Waals surface area contributed by atoms with Crippen molar-refractivity contribution in [2.45, 2.75) is 25.8 Å². The maximum absolute atomic E-state index is 13.3. The van der Waals surface area contributed by atoms with Crippen LogP contribution in [0.2, 0.25) is 0 Å². The van der Waals surface area contributed by atoms with Gasteiger partial charge in [0, 0.05) is 11.4 Å². The second-order valence-corrected chi connectivity index (χ2v) is 8.57. The van der Waals surface area contributed by atoms with E-state index < -0.39 is 17.8 Å². The minimum absolute atomic E-state index is 0.339. The zero-order valence-corrected chi connectivity index (χ0v) is 17.3. The highest BCUT2D eigenvalue weighted by atomic mass is 32.2. The van der Waals surface area contributed by atoms with Gasteiger partial charge in [-0.3, -0.25) is 0 Å². The van der Waals surface area contributed by atoms with Gasteiger partial charge >= 0.3 is 6.16 Å². The lowest BCUT2D eigenvalue weighted by molar-refractivity contribution is 0.119. The molecule has 1 N–H and O–H groups in total. The summed E-state index contributed by atoms with van der Waals surface area (Å²) in [6.45, 7) is 1.37. The Bertz CT molecular complexity index is 897. The van der Waals surface area contributed by atoms with Gasteiger partial charge in [-0.2, -0.15) is 0 Å². The molecular weight excluding hydrogens is 416 g/mol. The normalized spacial score (nSPS) is 13.8. The van der Waals surface area contributed by atoms with Crippen LogP contribution < -0.4 is 0 Å². The molecule has 8 heteroatoms. The second kappa shape index (κ2) is 10.5. The summed E-state index contributed by atoms with van der Waals surface area (Å²) in [6, 6.07) is 8.02. The summed E-state index contributed by atoms with van der Waals surface area (Å²) in [4.78, 5) is 14.3. The lowest BCUT2D eigenvalue weighted by Crippen LogP contribution is -2.25. The Kier molecular flexibility index (Phi) is 7.71. The third-order valence-corrected chi connectivity index (χ3v) is 6.39. The molecule has 1 aromatic heterocycles. The summed E-state index contributed by atoms with van der Waals surface area (Å²) < 4.78 is 31.3. The topological polar surface area (TPSA) is 49.8 Å². The molecular formula is C21H21F2NO3S2. The van der Waals surface area contributed by atoms with Crippen LogP contribution in [0.5, 0.6) is 0 Å². The largest absolute Gasteiger partial charge is 0.511 e. The van der Waals surface area contributed by atoms with E-state index >= 15 is 0 Å². The summed E-state index contributed by atoms with van der Waals surface area (Å²) in [5, 5.41) is 11.8. The molecule has 29 heavy (non-hydrogen) atoms. The quantitative estimate of drug-likeness (QED) is 0.384. The molecule has 0 saturated heterocycles. The van der Waals surface area contributed by atoms with Crippen LogP contribution in [0.15, 0.2) is 58.7 Å². The number of hydrogen-bond acceptors (Lipinski definition) is 5. The number of carbonyl (C=O) groups is 1. The minimum Gasteiger partial charge on any atom is -0.449 e. The van der Waals surface area contributed by atoms with Gasteiger partial charge in [-0.15, -0.1) is 23.1 Å². The van der Waals surface area contributed by atoms with Crippen LogP contribution in [0, 0.1) is 11.6 Å². The van der Waals surface area contributed by atoms with Gasteiger partial charge in [0.1, 0.15) is 5.03 Å². The first-order chi connectivity index (χ1) is 14.0. The smallest absolute Gasteiger partial charge is 0.449 e. The van der Waals surface area contributed by atoms with Crippen LogP contribution in [0.25, 0.3) is 0 Å². The summed E-state index contributed by atoms with van der Waals surface area (Å²) in [5.74, 6) is -0.555. The van der Waals surface area contributed by atoms with Crippen LogP contribution in [-0.4, -0.2) is 28.5 Å². The number of allylic oxidation sites excluding steroid dienone is 1. The van der Waals surface area contributed by atoms with Crippen LogP contribution in [0.1, 0.15) is 23.3 Å². The van der Waals surface area contributed by atoms with E-state index in [4.69, 9.17) is 9.84 Å². The van der Waals surface area contributed by atoms with E-state index in [1.54, 1.807) is 35.2 Å². The number of rotatable bonds is 9. The summed E-state index contributed by atoms with van der Waals surface area (Å²) in [5.41, 5.74) is 0.767. The Morgan fingerprint density at radius 1 is 1.24 bits per heavy atom. The van der Waals surface area contributed by atoms with Gasteiger partial charge in [0.15, 0.2) is 17.4 Å². The van der Waals surface area contributed by atoms with Crippen molar-refractivity contribution in [1.82, 2.24) is 4.90 Å². The fraction of sp³-hybridized carbons (Fsp3) is 0.286. The zero-order valence-electron chi connectivity index (χ0n) is 15.6. The number of aryl methyl sites for hydroxylation is 1. The van der Waals surface area contributed by atoms with E-state index in [9.17, 15) is 13.6 Å². The summed E-state index contributed by atoms with van der Waals surface area (Å²) in [7, 11) is 0. The first-order valence-corrected chi connectivity index (χ1v) is 11.0. The van der Waals surface area contributed by atoms with Crippen molar-refractivity contribution in [3.8, 4) is 0 Å². The average Bonchev–Trinajstić information content (AvgIpc) is 3.19. The van der Waals surface area contributed by atoms with Gasteiger partial charge in [-0.05, 0) is 60.2 Å². The molecule has 0 spiro atoms. The van der Waals surface area contributed by atoms with Crippen LogP contribution in [0.3, 0.4) is 0 Å². The lowest BCUT2D eigenvalue weighted by atomic mass is 10.1. The predicted octanol–water partition coefficient (Wildman–Crippen LogP) is 6.02. The zero-order chi connectivity index (χ0) is 20.6. The minimum atomic E-state index is -1.33. The molecule has 1 aromatic carbocycles. The fourth-order valence-corrected chi connectivity index (χ4v) is 4.79. The molecule has 3 rings (SSSR count). The van der Waals surface area contributed by atoms with E-state index in [2.05, 4.69) is 4.90 Å². The number of ether oxygens (including phenoxy) is 1. The average molecular weight is 438 g/mol. The predicted molar refractivity (Wildman–Crippen MR) is 112 cm³/mol. The fourth-order valence-electron chi connectivity index (χ4n) is 2.95. The highest BCUT2D eigenvalue weighted by molar-refractivity contribution is 8.03. The number of unbranched alkanes of at least 4 members (excludes halogenated alkanes) is 1. The van der Waals surface area contributed by atoms with E-state index in [0.29, 0.717) is 25.3 Å². The first kappa shape index (κ1) is 21.4. The van der Waals surface area contributed by atoms with E-state index in [1.807, 2.05) is 23.6 Å². The molecule has 2 heterocycles. The van der Waals surface area contributed by atoms with E-state index in [0.717, 1.165) is 35.3 Å². The Balaban J connectivity index is 1.57. The molecule has 0 amide bonds. The highest BCUT2D eigenvalue weighted by Crippen LogP contribution is 2.31. The van der Waals surface area contributed by atoms with Gasteiger partial charge in [0.25, 0.3) is 0 Å². The molecule has 0 atom stereocenters. The van der Waals surface area contributed by atoms with E-state index in [1.165, 1.54) is 10.9 Å². The van der Waals surface area contributed by atoms with Crippen molar-refractivity contribution < 1.29 is 23.4 Å².